The van der Waals surface area contributed by atoms with E-state index in [1.165, 1.54) is 0 Å². The van der Waals surface area contributed by atoms with Crippen molar-refractivity contribution in [1.29, 1.82) is 0 Å². The number of nitrogens with one attached hydrogen (secondary N) is 2. The number of rotatable bonds is 7. The molecule has 1 aliphatic rings. The number of carbonyl (C=O) groups is 4. The Hall–Kier alpha value is -3.34. The smallest absolute Gasteiger partial charge is 0.325 e. The van der Waals surface area contributed by atoms with Gasteiger partial charge in [0.15, 0.2) is 6.61 Å². The van der Waals surface area contributed by atoms with Crippen LogP contribution >= 0.6 is 0 Å². The SMILES string of the molecule is C#CCNC(=O)COC(=O)CNC(=O)c1ccc(N2CCCC2=O)cc1. The van der Waals surface area contributed by atoms with Crippen LogP contribution in [0, 0.1) is 12.3 Å². The Morgan fingerprint density at radius 2 is 1.92 bits per heavy atom. The number of ether oxygens (including phenoxy) is 1. The van der Waals surface area contributed by atoms with Gasteiger partial charge in [0, 0.05) is 24.2 Å². The molecule has 1 fully saturated rings. The van der Waals surface area contributed by atoms with Gasteiger partial charge < -0.3 is 20.3 Å². The van der Waals surface area contributed by atoms with Crippen molar-refractivity contribution in [3.63, 3.8) is 0 Å². The molecule has 8 nitrogen and oxygen atoms in total. The van der Waals surface area contributed by atoms with E-state index in [4.69, 9.17) is 11.2 Å². The Balaban J connectivity index is 1.77. The third-order valence-corrected chi connectivity index (χ3v) is 3.66. The van der Waals surface area contributed by atoms with Crippen LogP contribution in [-0.4, -0.2) is 49.9 Å². The van der Waals surface area contributed by atoms with Crippen molar-refractivity contribution in [2.24, 2.45) is 0 Å². The van der Waals surface area contributed by atoms with Crippen LogP contribution in [0.25, 0.3) is 0 Å². The molecular formula is C18H19N3O5. The Kier molecular flexibility index (Phi) is 6.74. The number of terminal acetylenes is 1. The topological polar surface area (TPSA) is 105 Å². The lowest BCUT2D eigenvalue weighted by molar-refractivity contribution is -0.147. The molecule has 0 unspecified atom stereocenters. The molecule has 2 N–H and O–H groups in total. The summed E-state index contributed by atoms with van der Waals surface area (Å²) in [6.45, 7) is -0.111. The standard InChI is InChI=1S/C18H19N3O5/c1-2-9-19-15(22)12-26-17(24)11-20-18(25)13-5-7-14(8-6-13)21-10-3-4-16(21)23/h1,5-8H,3-4,9-12H2,(H,19,22)(H,20,25). The molecule has 0 saturated carbocycles. The molecule has 1 aromatic carbocycles. The molecule has 0 spiro atoms. The fraction of sp³-hybridized carbons (Fsp3) is 0.333. The third kappa shape index (κ3) is 5.34. The predicted octanol–water partition coefficient (Wildman–Crippen LogP) is -0.164. The van der Waals surface area contributed by atoms with Gasteiger partial charge in [-0.25, -0.2) is 0 Å². The maximum Gasteiger partial charge on any atom is 0.325 e. The summed E-state index contributed by atoms with van der Waals surface area (Å²) in [6.07, 6.45) is 6.34. The summed E-state index contributed by atoms with van der Waals surface area (Å²) in [4.78, 5) is 48.1. The van der Waals surface area contributed by atoms with Gasteiger partial charge in [-0.2, -0.15) is 0 Å². The molecule has 2 rings (SSSR count). The average molecular weight is 357 g/mol. The highest BCUT2D eigenvalue weighted by atomic mass is 16.5. The lowest BCUT2D eigenvalue weighted by atomic mass is 10.2. The second-order valence-corrected chi connectivity index (χ2v) is 5.52. The second kappa shape index (κ2) is 9.22. The molecule has 1 aliphatic heterocycles. The fourth-order valence-electron chi connectivity index (χ4n) is 2.37. The lowest BCUT2D eigenvalue weighted by Crippen LogP contribution is -2.34. The normalized spacial score (nSPS) is 13.0. The third-order valence-electron chi connectivity index (χ3n) is 3.66. The minimum atomic E-state index is -0.742. The molecule has 1 saturated heterocycles. The zero-order chi connectivity index (χ0) is 18.9. The molecule has 0 aromatic heterocycles. The Morgan fingerprint density at radius 3 is 2.54 bits per heavy atom. The molecule has 1 aromatic rings. The van der Waals surface area contributed by atoms with Crippen molar-refractivity contribution < 1.29 is 23.9 Å². The summed E-state index contributed by atoms with van der Waals surface area (Å²) in [5.41, 5.74) is 1.08. The number of anilines is 1. The van der Waals surface area contributed by atoms with Gasteiger partial charge in [-0.1, -0.05) is 5.92 Å². The van der Waals surface area contributed by atoms with Crippen LogP contribution in [0.3, 0.4) is 0 Å². The van der Waals surface area contributed by atoms with Crippen molar-refractivity contribution >= 4 is 29.4 Å². The van der Waals surface area contributed by atoms with Crippen LogP contribution in [0.5, 0.6) is 0 Å². The van der Waals surface area contributed by atoms with E-state index in [2.05, 4.69) is 16.6 Å². The van der Waals surface area contributed by atoms with Crippen molar-refractivity contribution in [3.05, 3.63) is 29.8 Å². The first-order valence-corrected chi connectivity index (χ1v) is 8.05. The number of carbonyl (C=O) groups excluding carboxylic acids is 4. The largest absolute Gasteiger partial charge is 0.454 e. The summed E-state index contributed by atoms with van der Waals surface area (Å²) >= 11 is 0. The summed E-state index contributed by atoms with van der Waals surface area (Å²) < 4.78 is 4.71. The molecule has 0 atom stereocenters. The molecule has 0 bridgehead atoms. The number of hydrogen-bond acceptors (Lipinski definition) is 5. The van der Waals surface area contributed by atoms with Crippen LogP contribution < -0.4 is 15.5 Å². The van der Waals surface area contributed by atoms with Crippen molar-refractivity contribution in [1.82, 2.24) is 10.6 Å². The molecule has 0 radical (unpaired) electrons. The maximum absolute atomic E-state index is 12.0. The molecule has 136 valence electrons. The van der Waals surface area contributed by atoms with E-state index in [1.54, 1.807) is 29.2 Å². The number of nitrogens with zero attached hydrogens (tertiary/aromatic N) is 1. The lowest BCUT2D eigenvalue weighted by Gasteiger charge is -2.15. The van der Waals surface area contributed by atoms with Gasteiger partial charge in [0.05, 0.1) is 6.54 Å². The van der Waals surface area contributed by atoms with Gasteiger partial charge >= 0.3 is 5.97 Å². The number of amides is 3. The van der Waals surface area contributed by atoms with Gasteiger partial charge in [-0.3, -0.25) is 19.2 Å². The first kappa shape index (κ1) is 19.0. The zero-order valence-corrected chi connectivity index (χ0v) is 14.1. The van der Waals surface area contributed by atoms with Crippen molar-refractivity contribution in [2.45, 2.75) is 12.8 Å². The Labute approximate surface area is 150 Å². The highest BCUT2D eigenvalue weighted by Crippen LogP contribution is 2.21. The van der Waals surface area contributed by atoms with Crippen LogP contribution in [0.4, 0.5) is 5.69 Å². The Bertz CT molecular complexity index is 736. The van der Waals surface area contributed by atoms with E-state index in [1.807, 2.05) is 0 Å². The molecular weight excluding hydrogens is 338 g/mol. The monoisotopic (exact) mass is 357 g/mol. The highest BCUT2D eigenvalue weighted by Gasteiger charge is 2.21. The molecule has 8 heteroatoms. The summed E-state index contributed by atoms with van der Waals surface area (Å²) in [5, 5.41) is 4.75. The summed E-state index contributed by atoms with van der Waals surface area (Å²) in [6, 6.07) is 6.53. The van der Waals surface area contributed by atoms with E-state index in [0.29, 0.717) is 18.5 Å². The first-order valence-electron chi connectivity index (χ1n) is 8.05. The molecule has 3 amide bonds. The highest BCUT2D eigenvalue weighted by molar-refractivity contribution is 5.98. The van der Waals surface area contributed by atoms with Crippen molar-refractivity contribution in [3.8, 4) is 12.3 Å². The minimum absolute atomic E-state index is 0.0478. The zero-order valence-electron chi connectivity index (χ0n) is 14.1. The number of benzene rings is 1. The van der Waals surface area contributed by atoms with Gasteiger partial charge in [0.1, 0.15) is 6.54 Å². The van der Waals surface area contributed by atoms with E-state index in [0.717, 1.165) is 12.1 Å². The first-order chi connectivity index (χ1) is 12.5. The van der Waals surface area contributed by atoms with Crippen molar-refractivity contribution in [2.75, 3.05) is 31.1 Å². The van der Waals surface area contributed by atoms with E-state index in [9.17, 15) is 19.2 Å². The van der Waals surface area contributed by atoms with Crippen LogP contribution in [0.2, 0.25) is 0 Å². The quantitative estimate of drug-likeness (QED) is 0.521. The number of esters is 1. The Morgan fingerprint density at radius 1 is 1.19 bits per heavy atom. The predicted molar refractivity (Wildman–Crippen MR) is 93.2 cm³/mol. The summed E-state index contributed by atoms with van der Waals surface area (Å²) in [7, 11) is 0. The van der Waals surface area contributed by atoms with Gasteiger partial charge in [-0.05, 0) is 30.7 Å². The minimum Gasteiger partial charge on any atom is -0.454 e. The van der Waals surface area contributed by atoms with Gasteiger partial charge in [0.25, 0.3) is 11.8 Å². The van der Waals surface area contributed by atoms with Crippen LogP contribution in [0.1, 0.15) is 23.2 Å². The van der Waals surface area contributed by atoms with Crippen LogP contribution in [-0.2, 0) is 19.1 Å². The van der Waals surface area contributed by atoms with E-state index >= 15 is 0 Å². The summed E-state index contributed by atoms with van der Waals surface area (Å²) in [5.74, 6) is 0.562. The molecule has 1 heterocycles. The van der Waals surface area contributed by atoms with Gasteiger partial charge in [0.2, 0.25) is 5.91 Å². The van der Waals surface area contributed by atoms with Gasteiger partial charge in [-0.15, -0.1) is 6.42 Å². The second-order valence-electron chi connectivity index (χ2n) is 5.52. The van der Waals surface area contributed by atoms with E-state index in [-0.39, 0.29) is 19.0 Å². The molecule has 26 heavy (non-hydrogen) atoms. The number of hydrogen-bond donors (Lipinski definition) is 2. The maximum atomic E-state index is 12.0. The van der Waals surface area contributed by atoms with E-state index < -0.39 is 24.4 Å². The molecule has 0 aliphatic carbocycles. The van der Waals surface area contributed by atoms with Crippen LogP contribution in [0.15, 0.2) is 24.3 Å². The fourth-order valence-corrected chi connectivity index (χ4v) is 2.37. The average Bonchev–Trinajstić information content (AvgIpc) is 3.08.